The zero-order valence-corrected chi connectivity index (χ0v) is 19.9. The van der Waals surface area contributed by atoms with E-state index in [1.54, 1.807) is 17.0 Å². The number of carbonyl (C=O) groups is 2. The Morgan fingerprint density at radius 2 is 1.97 bits per heavy atom. The van der Waals surface area contributed by atoms with E-state index in [1.807, 2.05) is 50.1 Å². The predicted molar refractivity (Wildman–Crippen MR) is 132 cm³/mol. The molecule has 3 heterocycles. The van der Waals surface area contributed by atoms with Gasteiger partial charge in [-0.05, 0) is 75.2 Å². The van der Waals surface area contributed by atoms with Gasteiger partial charge >= 0.3 is 0 Å². The normalized spacial score (nSPS) is 18.5. The molecule has 2 fully saturated rings. The molecule has 0 atom stereocenters. The number of hydrogen-bond donors (Lipinski definition) is 0. The number of anilines is 2. The van der Waals surface area contributed by atoms with E-state index >= 15 is 0 Å². The highest BCUT2D eigenvalue weighted by Crippen LogP contribution is 2.35. The molecule has 2 aliphatic rings. The quantitative estimate of drug-likeness (QED) is 0.377. The van der Waals surface area contributed by atoms with Crippen LogP contribution in [0.15, 0.2) is 36.5 Å². The van der Waals surface area contributed by atoms with E-state index in [9.17, 15) is 9.59 Å². The zero-order chi connectivity index (χ0) is 23.8. The Labute approximate surface area is 199 Å². The fraction of sp³-hybridized carbons (Fsp3) is 0.400. The molecule has 1 aromatic carbocycles. The van der Waals surface area contributed by atoms with Gasteiger partial charge < -0.3 is 14.6 Å². The van der Waals surface area contributed by atoms with Gasteiger partial charge in [-0.15, -0.1) is 0 Å². The Bertz CT molecular complexity index is 1130. The molecule has 7 nitrogen and oxygen atoms in total. The molecular formula is C25H27N5O2S. The van der Waals surface area contributed by atoms with Crippen molar-refractivity contribution in [2.75, 3.05) is 22.9 Å². The van der Waals surface area contributed by atoms with Crippen LogP contribution in [-0.4, -0.2) is 45.8 Å². The van der Waals surface area contributed by atoms with Gasteiger partial charge in [-0.25, -0.2) is 9.83 Å². The highest BCUT2D eigenvalue weighted by molar-refractivity contribution is 7.80. The van der Waals surface area contributed by atoms with Crippen molar-refractivity contribution in [1.82, 2.24) is 9.88 Å². The molecular weight excluding hydrogens is 434 g/mol. The molecule has 8 heteroatoms. The highest BCUT2D eigenvalue weighted by atomic mass is 32.1. The van der Waals surface area contributed by atoms with Crippen molar-refractivity contribution in [3.05, 3.63) is 59.1 Å². The van der Waals surface area contributed by atoms with E-state index in [-0.39, 0.29) is 11.8 Å². The monoisotopic (exact) mass is 461 g/mol. The van der Waals surface area contributed by atoms with Crippen molar-refractivity contribution in [2.45, 2.75) is 45.7 Å². The number of amides is 1. The summed E-state index contributed by atoms with van der Waals surface area (Å²) in [5.41, 5.74) is 2.21. The minimum absolute atomic E-state index is 0.0925. The zero-order valence-electron chi connectivity index (χ0n) is 19.1. The fourth-order valence-corrected chi connectivity index (χ4v) is 4.86. The number of hydrogen-bond acceptors (Lipinski definition) is 5. The first-order valence-electron chi connectivity index (χ1n) is 11.1. The third-order valence-electron chi connectivity index (χ3n) is 6.59. The SMILES string of the molecule is [C-]#[N+]c1ccc(N2C(=O)C(C)(C)N(Cc3ccc(N4CCC(C=O)CC4)nc3)C2=S)cc1C. The van der Waals surface area contributed by atoms with E-state index in [4.69, 9.17) is 18.8 Å². The molecule has 0 spiro atoms. The van der Waals surface area contributed by atoms with E-state index in [0.717, 1.165) is 49.2 Å². The van der Waals surface area contributed by atoms with Gasteiger partial charge in [-0.2, -0.15) is 0 Å². The number of aromatic nitrogens is 1. The first kappa shape index (κ1) is 22.9. The summed E-state index contributed by atoms with van der Waals surface area (Å²) >= 11 is 5.74. The highest BCUT2D eigenvalue weighted by Gasteiger charge is 2.49. The number of aldehydes is 1. The number of aryl methyl sites for hydroxylation is 1. The Morgan fingerprint density at radius 1 is 1.24 bits per heavy atom. The average Bonchev–Trinajstić information content (AvgIpc) is 2.99. The third kappa shape index (κ3) is 4.21. The van der Waals surface area contributed by atoms with Crippen molar-refractivity contribution >= 4 is 46.7 Å². The number of carbonyl (C=O) groups excluding carboxylic acids is 2. The maximum atomic E-state index is 13.3. The van der Waals surface area contributed by atoms with Crippen molar-refractivity contribution < 1.29 is 9.59 Å². The van der Waals surface area contributed by atoms with E-state index < -0.39 is 5.54 Å². The van der Waals surface area contributed by atoms with Crippen LogP contribution in [0.1, 0.15) is 37.8 Å². The Kier molecular flexibility index (Phi) is 6.17. The molecule has 2 saturated heterocycles. The summed E-state index contributed by atoms with van der Waals surface area (Å²) in [6.45, 7) is 15.0. The van der Waals surface area contributed by atoms with Crippen LogP contribution in [-0.2, 0) is 16.1 Å². The lowest BCUT2D eigenvalue weighted by molar-refractivity contribution is -0.123. The smallest absolute Gasteiger partial charge is 0.258 e. The number of pyridine rings is 1. The Morgan fingerprint density at radius 3 is 2.55 bits per heavy atom. The van der Waals surface area contributed by atoms with Crippen LogP contribution >= 0.6 is 12.2 Å². The molecule has 1 amide bonds. The second kappa shape index (κ2) is 8.91. The summed E-state index contributed by atoms with van der Waals surface area (Å²) in [5.74, 6) is 0.963. The molecule has 2 aromatic rings. The predicted octanol–water partition coefficient (Wildman–Crippen LogP) is 4.27. The number of benzene rings is 1. The van der Waals surface area contributed by atoms with Gasteiger partial charge in [0.1, 0.15) is 17.6 Å². The van der Waals surface area contributed by atoms with Gasteiger partial charge in [0.2, 0.25) is 0 Å². The maximum absolute atomic E-state index is 13.3. The molecule has 4 rings (SSSR count). The molecule has 0 aliphatic carbocycles. The van der Waals surface area contributed by atoms with Crippen LogP contribution < -0.4 is 9.80 Å². The lowest BCUT2D eigenvalue weighted by Crippen LogP contribution is -2.43. The molecule has 1 aromatic heterocycles. The van der Waals surface area contributed by atoms with E-state index in [0.29, 0.717) is 23.0 Å². The van der Waals surface area contributed by atoms with Gasteiger partial charge in [0.05, 0.1) is 6.57 Å². The third-order valence-corrected chi connectivity index (χ3v) is 6.99. The van der Waals surface area contributed by atoms with Crippen molar-refractivity contribution in [3.63, 3.8) is 0 Å². The van der Waals surface area contributed by atoms with Crippen LogP contribution in [0.2, 0.25) is 0 Å². The molecule has 0 N–H and O–H groups in total. The first-order valence-corrected chi connectivity index (χ1v) is 11.5. The number of piperidine rings is 1. The molecule has 2 aliphatic heterocycles. The van der Waals surface area contributed by atoms with Gasteiger partial charge in [0.15, 0.2) is 10.8 Å². The molecule has 170 valence electrons. The summed E-state index contributed by atoms with van der Waals surface area (Å²) < 4.78 is 0. The molecule has 0 unspecified atom stereocenters. The largest absolute Gasteiger partial charge is 0.357 e. The van der Waals surface area contributed by atoms with Crippen LogP contribution in [0, 0.1) is 19.4 Å². The lowest BCUT2D eigenvalue weighted by atomic mass is 9.98. The standard InChI is InChI=1S/C25H27N5O2S/c1-17-13-20(6-7-21(17)26-4)30-23(32)25(2,3)29(24(30)33)15-19-5-8-22(27-14-19)28-11-9-18(16-31)10-12-28/h5-8,13-14,16,18H,9-12,15H2,1-3H3. The van der Waals surface area contributed by atoms with E-state index in [2.05, 4.69) is 14.7 Å². The van der Waals surface area contributed by atoms with Crippen LogP contribution in [0.25, 0.3) is 4.85 Å². The number of rotatable bonds is 5. The van der Waals surface area contributed by atoms with Crippen molar-refractivity contribution in [3.8, 4) is 0 Å². The summed E-state index contributed by atoms with van der Waals surface area (Å²) in [6, 6.07) is 9.35. The molecule has 0 radical (unpaired) electrons. The van der Waals surface area contributed by atoms with Crippen molar-refractivity contribution in [1.29, 1.82) is 0 Å². The Hall–Kier alpha value is -3.31. The van der Waals surface area contributed by atoms with Crippen LogP contribution in [0.5, 0.6) is 0 Å². The molecule has 0 saturated carbocycles. The van der Waals surface area contributed by atoms with Gasteiger partial charge in [0.25, 0.3) is 5.91 Å². The summed E-state index contributed by atoms with van der Waals surface area (Å²) in [6.07, 6.45) is 4.61. The number of thiocarbonyl (C=S) groups is 1. The molecule has 33 heavy (non-hydrogen) atoms. The average molecular weight is 462 g/mol. The van der Waals surface area contributed by atoms with Crippen LogP contribution in [0.3, 0.4) is 0 Å². The van der Waals surface area contributed by atoms with Gasteiger partial charge in [-0.3, -0.25) is 9.69 Å². The van der Waals surface area contributed by atoms with Crippen LogP contribution in [0.4, 0.5) is 17.2 Å². The molecule has 0 bridgehead atoms. The maximum Gasteiger partial charge on any atom is 0.258 e. The Balaban J connectivity index is 1.51. The van der Waals surface area contributed by atoms with E-state index in [1.165, 1.54) is 0 Å². The van der Waals surface area contributed by atoms with Gasteiger partial charge in [-0.1, -0.05) is 12.1 Å². The fourth-order valence-electron chi connectivity index (χ4n) is 4.38. The van der Waals surface area contributed by atoms with Crippen molar-refractivity contribution in [2.24, 2.45) is 5.92 Å². The second-order valence-electron chi connectivity index (χ2n) is 9.14. The second-order valence-corrected chi connectivity index (χ2v) is 9.50. The first-order chi connectivity index (χ1) is 15.8. The minimum Gasteiger partial charge on any atom is -0.357 e. The van der Waals surface area contributed by atoms with Gasteiger partial charge in [0, 0.05) is 37.4 Å². The lowest BCUT2D eigenvalue weighted by Gasteiger charge is -2.31. The summed E-state index contributed by atoms with van der Waals surface area (Å²) in [4.78, 5) is 38.1. The minimum atomic E-state index is -0.807. The summed E-state index contributed by atoms with van der Waals surface area (Å²) in [5, 5.41) is 0.444. The number of nitrogens with zero attached hydrogens (tertiary/aromatic N) is 5. The summed E-state index contributed by atoms with van der Waals surface area (Å²) in [7, 11) is 0. The topological polar surface area (TPSA) is 61.1 Å².